The summed E-state index contributed by atoms with van der Waals surface area (Å²) >= 11 is 0. The molecule has 0 aliphatic carbocycles. The molecule has 0 aliphatic rings. The van der Waals surface area contributed by atoms with Crippen LogP contribution in [0.15, 0.2) is 18.2 Å². The minimum atomic E-state index is -1.07. The van der Waals surface area contributed by atoms with Crippen molar-refractivity contribution in [2.75, 3.05) is 13.2 Å². The summed E-state index contributed by atoms with van der Waals surface area (Å²) in [5.74, 6) is -2.58. The van der Waals surface area contributed by atoms with Gasteiger partial charge in [-0.05, 0) is 32.0 Å². The zero-order valence-corrected chi connectivity index (χ0v) is 9.70. The quantitative estimate of drug-likeness (QED) is 0.570. The molecule has 1 aromatic rings. The molecule has 1 rings (SSSR count). The highest BCUT2D eigenvalue weighted by atomic mass is 19.2. The molecule has 0 bridgehead atoms. The molecule has 0 aromatic heterocycles. The molecule has 0 aliphatic heterocycles. The van der Waals surface area contributed by atoms with E-state index in [9.17, 15) is 13.6 Å². The molecule has 0 fully saturated rings. The zero-order chi connectivity index (χ0) is 12.8. The van der Waals surface area contributed by atoms with Gasteiger partial charge >= 0.3 is 0 Å². The van der Waals surface area contributed by atoms with Crippen LogP contribution in [0.4, 0.5) is 8.78 Å². The molecular weight excluding hydrogens is 230 g/mol. The van der Waals surface area contributed by atoms with Gasteiger partial charge in [-0.3, -0.25) is 4.79 Å². The van der Waals surface area contributed by atoms with E-state index >= 15 is 0 Å². The van der Waals surface area contributed by atoms with Crippen molar-refractivity contribution in [3.8, 4) is 0 Å². The minimum Gasteiger partial charge on any atom is -0.346 e. The molecule has 0 spiro atoms. The number of Topliss-reactive ketones (excluding diaryl/α,β-unsaturated/α-hetero) is 1. The molecule has 0 unspecified atom stereocenters. The minimum absolute atomic E-state index is 0.0239. The van der Waals surface area contributed by atoms with Crippen molar-refractivity contribution >= 4 is 5.78 Å². The first-order valence-electron chi connectivity index (χ1n) is 5.32. The molecular formula is C12H14F2O3. The summed E-state index contributed by atoms with van der Waals surface area (Å²) in [4.78, 5) is 11.8. The van der Waals surface area contributed by atoms with E-state index in [0.29, 0.717) is 13.2 Å². The summed E-state index contributed by atoms with van der Waals surface area (Å²) in [7, 11) is 0. The van der Waals surface area contributed by atoms with Gasteiger partial charge in [0.25, 0.3) is 0 Å². The highest BCUT2D eigenvalue weighted by Gasteiger charge is 2.21. The number of hydrogen-bond acceptors (Lipinski definition) is 3. The molecule has 94 valence electrons. The van der Waals surface area contributed by atoms with E-state index in [1.54, 1.807) is 13.8 Å². The second kappa shape index (κ2) is 6.42. The van der Waals surface area contributed by atoms with Gasteiger partial charge in [-0.2, -0.15) is 0 Å². The third kappa shape index (κ3) is 3.57. The Hall–Kier alpha value is -1.33. The molecule has 0 radical (unpaired) electrons. The monoisotopic (exact) mass is 244 g/mol. The molecule has 0 amide bonds. The number of ketones is 1. The first-order chi connectivity index (χ1) is 8.10. The number of carbonyl (C=O) groups excluding carboxylic acids is 1. The fraction of sp³-hybridized carbons (Fsp3) is 0.417. The Morgan fingerprint density at radius 3 is 2.24 bits per heavy atom. The fourth-order valence-electron chi connectivity index (χ4n) is 1.29. The van der Waals surface area contributed by atoms with Gasteiger partial charge in [0.2, 0.25) is 12.1 Å². The van der Waals surface area contributed by atoms with Crippen molar-refractivity contribution in [1.29, 1.82) is 0 Å². The Balaban J connectivity index is 2.88. The van der Waals surface area contributed by atoms with E-state index < -0.39 is 23.7 Å². The molecule has 3 nitrogen and oxygen atoms in total. The van der Waals surface area contributed by atoms with Gasteiger partial charge in [0.05, 0.1) is 0 Å². The molecule has 0 N–H and O–H groups in total. The third-order valence-corrected chi connectivity index (χ3v) is 2.05. The number of benzene rings is 1. The second-order valence-electron chi connectivity index (χ2n) is 3.24. The van der Waals surface area contributed by atoms with Crippen LogP contribution in [-0.4, -0.2) is 25.3 Å². The van der Waals surface area contributed by atoms with E-state index in [1.807, 2.05) is 0 Å². The first kappa shape index (κ1) is 13.7. The summed E-state index contributed by atoms with van der Waals surface area (Å²) in [6.07, 6.45) is -1.07. The Labute approximate surface area is 98.3 Å². The maximum Gasteiger partial charge on any atom is 0.222 e. The Kier molecular flexibility index (Phi) is 5.18. The highest BCUT2D eigenvalue weighted by molar-refractivity contribution is 5.98. The van der Waals surface area contributed by atoms with Gasteiger partial charge in [0.15, 0.2) is 11.6 Å². The van der Waals surface area contributed by atoms with E-state index in [1.165, 1.54) is 6.07 Å². The van der Waals surface area contributed by atoms with Gasteiger partial charge in [-0.1, -0.05) is 0 Å². The lowest BCUT2D eigenvalue weighted by atomic mass is 10.1. The third-order valence-electron chi connectivity index (χ3n) is 2.05. The first-order valence-corrected chi connectivity index (χ1v) is 5.32. The lowest BCUT2D eigenvalue weighted by Crippen LogP contribution is -2.27. The summed E-state index contributed by atoms with van der Waals surface area (Å²) in [5, 5.41) is 0. The largest absolute Gasteiger partial charge is 0.346 e. The van der Waals surface area contributed by atoms with Crippen LogP contribution in [0.1, 0.15) is 24.2 Å². The van der Waals surface area contributed by atoms with Crippen molar-refractivity contribution in [1.82, 2.24) is 0 Å². The lowest BCUT2D eigenvalue weighted by Gasteiger charge is -2.15. The van der Waals surface area contributed by atoms with Crippen molar-refractivity contribution < 1.29 is 23.0 Å². The van der Waals surface area contributed by atoms with Crippen LogP contribution in [0.3, 0.4) is 0 Å². The summed E-state index contributed by atoms with van der Waals surface area (Å²) in [5.41, 5.74) is 0.0239. The molecule has 0 atom stereocenters. The van der Waals surface area contributed by atoms with Crippen LogP contribution in [-0.2, 0) is 9.47 Å². The molecule has 0 saturated carbocycles. The van der Waals surface area contributed by atoms with Gasteiger partial charge in [0.1, 0.15) is 0 Å². The normalized spacial score (nSPS) is 10.9. The van der Waals surface area contributed by atoms with E-state index in [4.69, 9.17) is 9.47 Å². The molecule has 0 heterocycles. The highest BCUT2D eigenvalue weighted by Crippen LogP contribution is 2.12. The SMILES string of the molecule is CCOC(OCC)C(=O)c1ccc(F)c(F)c1. The predicted molar refractivity (Wildman–Crippen MR) is 57.7 cm³/mol. The average molecular weight is 244 g/mol. The maximum absolute atomic E-state index is 13.0. The molecule has 5 heteroatoms. The topological polar surface area (TPSA) is 35.5 Å². The average Bonchev–Trinajstić information content (AvgIpc) is 2.31. The van der Waals surface area contributed by atoms with E-state index in [0.717, 1.165) is 12.1 Å². The number of hydrogen-bond donors (Lipinski definition) is 0. The van der Waals surface area contributed by atoms with Crippen molar-refractivity contribution in [3.63, 3.8) is 0 Å². The molecule has 0 saturated heterocycles. The van der Waals surface area contributed by atoms with Crippen LogP contribution in [0.5, 0.6) is 0 Å². The van der Waals surface area contributed by atoms with Crippen LogP contribution in [0.2, 0.25) is 0 Å². The maximum atomic E-state index is 13.0. The molecule has 17 heavy (non-hydrogen) atoms. The van der Waals surface area contributed by atoms with Gasteiger partial charge in [0, 0.05) is 18.8 Å². The lowest BCUT2D eigenvalue weighted by molar-refractivity contribution is -0.107. The van der Waals surface area contributed by atoms with Gasteiger partial charge < -0.3 is 9.47 Å². The van der Waals surface area contributed by atoms with Crippen LogP contribution < -0.4 is 0 Å². The smallest absolute Gasteiger partial charge is 0.222 e. The van der Waals surface area contributed by atoms with Crippen molar-refractivity contribution in [2.45, 2.75) is 20.1 Å². The Morgan fingerprint density at radius 1 is 1.18 bits per heavy atom. The summed E-state index contributed by atoms with van der Waals surface area (Å²) in [6, 6.07) is 2.94. The van der Waals surface area contributed by atoms with E-state index in [-0.39, 0.29) is 5.56 Å². The van der Waals surface area contributed by atoms with Crippen LogP contribution in [0, 0.1) is 11.6 Å². The van der Waals surface area contributed by atoms with Crippen LogP contribution in [0.25, 0.3) is 0 Å². The number of halogens is 2. The Bertz CT molecular complexity index is 387. The summed E-state index contributed by atoms with van der Waals surface area (Å²) < 4.78 is 35.8. The fourth-order valence-corrected chi connectivity index (χ4v) is 1.29. The second-order valence-corrected chi connectivity index (χ2v) is 3.24. The standard InChI is InChI=1S/C12H14F2O3/c1-3-16-12(17-4-2)11(15)8-5-6-9(13)10(14)7-8/h5-7,12H,3-4H2,1-2H3. The number of rotatable bonds is 6. The predicted octanol–water partition coefficient (Wildman–Crippen LogP) is 2.55. The zero-order valence-electron chi connectivity index (χ0n) is 9.70. The summed E-state index contributed by atoms with van der Waals surface area (Å²) in [6.45, 7) is 4.01. The van der Waals surface area contributed by atoms with Crippen LogP contribution >= 0.6 is 0 Å². The Morgan fingerprint density at radius 2 is 1.76 bits per heavy atom. The van der Waals surface area contributed by atoms with Crippen molar-refractivity contribution in [2.24, 2.45) is 0 Å². The van der Waals surface area contributed by atoms with Gasteiger partial charge in [-0.25, -0.2) is 8.78 Å². The number of ether oxygens (including phenoxy) is 2. The number of carbonyl (C=O) groups is 1. The van der Waals surface area contributed by atoms with E-state index in [2.05, 4.69) is 0 Å². The van der Waals surface area contributed by atoms with Crippen molar-refractivity contribution in [3.05, 3.63) is 35.4 Å². The van der Waals surface area contributed by atoms with Gasteiger partial charge in [-0.15, -0.1) is 0 Å². The molecule has 1 aromatic carbocycles.